The number of anilines is 1. The fourth-order valence-corrected chi connectivity index (χ4v) is 4.42. The van der Waals surface area contributed by atoms with Gasteiger partial charge in [-0.25, -0.2) is 8.42 Å². The van der Waals surface area contributed by atoms with Gasteiger partial charge in [0.2, 0.25) is 10.0 Å². The first-order valence-corrected chi connectivity index (χ1v) is 10.3. The van der Waals surface area contributed by atoms with E-state index in [4.69, 9.17) is 4.74 Å². The van der Waals surface area contributed by atoms with Gasteiger partial charge in [0.1, 0.15) is 0 Å². The minimum absolute atomic E-state index is 0.103. The summed E-state index contributed by atoms with van der Waals surface area (Å²) in [6.45, 7) is 5.50. The number of hydrogen-bond acceptors (Lipinski definition) is 5. The van der Waals surface area contributed by atoms with Crippen molar-refractivity contribution in [3.63, 3.8) is 0 Å². The summed E-state index contributed by atoms with van der Waals surface area (Å²) in [4.78, 5) is 12.7. The molecule has 1 heterocycles. The molecule has 2 aromatic rings. The summed E-state index contributed by atoms with van der Waals surface area (Å²) in [6, 6.07) is 12.2. The van der Waals surface area contributed by atoms with Crippen molar-refractivity contribution in [2.24, 2.45) is 0 Å². The lowest BCUT2D eigenvalue weighted by atomic mass is 10.1. The number of nitrogens with zero attached hydrogens (tertiary/aromatic N) is 1. The van der Waals surface area contributed by atoms with Gasteiger partial charge in [-0.05, 0) is 43.2 Å². The molecule has 1 aliphatic heterocycles. The van der Waals surface area contributed by atoms with Crippen molar-refractivity contribution in [2.75, 3.05) is 38.2 Å². The Balaban J connectivity index is 1.74. The molecule has 0 aromatic heterocycles. The maximum atomic E-state index is 12.8. The van der Waals surface area contributed by atoms with Gasteiger partial charge in [0.05, 0.1) is 24.7 Å². The summed E-state index contributed by atoms with van der Waals surface area (Å²) in [5.74, 6) is -0.157. The van der Waals surface area contributed by atoms with Crippen molar-refractivity contribution >= 4 is 21.5 Å². The highest BCUT2D eigenvalue weighted by Gasteiger charge is 2.26. The first-order valence-electron chi connectivity index (χ1n) is 8.90. The number of carbonyl (C=O) groups is 1. The number of Topliss-reactive ketones (excluding diaryl/α,β-unsaturated/α-hetero) is 1. The molecule has 3 rings (SSSR count). The highest BCUT2D eigenvalue weighted by Crippen LogP contribution is 2.20. The van der Waals surface area contributed by atoms with Crippen molar-refractivity contribution in [1.82, 2.24) is 4.31 Å². The summed E-state index contributed by atoms with van der Waals surface area (Å²) in [7, 11) is -3.62. The summed E-state index contributed by atoms with van der Waals surface area (Å²) in [5.41, 5.74) is 3.44. The van der Waals surface area contributed by atoms with E-state index >= 15 is 0 Å². The molecule has 0 unspecified atom stereocenters. The Bertz CT molecular complexity index is 935. The number of morpholine rings is 1. The van der Waals surface area contributed by atoms with Crippen LogP contribution >= 0.6 is 0 Å². The predicted molar refractivity (Wildman–Crippen MR) is 105 cm³/mol. The van der Waals surface area contributed by atoms with Crippen LogP contribution in [0, 0.1) is 13.8 Å². The Hall–Kier alpha value is -2.22. The van der Waals surface area contributed by atoms with Gasteiger partial charge in [-0.3, -0.25) is 4.79 Å². The first-order chi connectivity index (χ1) is 12.9. The van der Waals surface area contributed by atoms with Crippen LogP contribution in [0.3, 0.4) is 0 Å². The Labute approximate surface area is 160 Å². The van der Waals surface area contributed by atoms with Crippen molar-refractivity contribution in [3.8, 4) is 0 Å². The number of benzene rings is 2. The van der Waals surface area contributed by atoms with Crippen LogP contribution in [0.15, 0.2) is 47.4 Å². The second-order valence-electron chi connectivity index (χ2n) is 6.64. The predicted octanol–water partition coefficient (Wildman–Crippen LogP) is 2.62. The van der Waals surface area contributed by atoms with Crippen LogP contribution in [0.5, 0.6) is 0 Å². The van der Waals surface area contributed by atoms with E-state index in [9.17, 15) is 13.2 Å². The Morgan fingerprint density at radius 2 is 1.85 bits per heavy atom. The molecule has 144 valence electrons. The largest absolute Gasteiger partial charge is 0.379 e. The molecule has 0 saturated carbocycles. The van der Waals surface area contributed by atoms with E-state index in [0.717, 1.165) is 16.8 Å². The summed E-state index contributed by atoms with van der Waals surface area (Å²) >= 11 is 0. The summed E-state index contributed by atoms with van der Waals surface area (Å²) in [5, 5.41) is 3.15. The van der Waals surface area contributed by atoms with Gasteiger partial charge in [0.15, 0.2) is 5.78 Å². The lowest BCUT2D eigenvalue weighted by Gasteiger charge is -2.26. The monoisotopic (exact) mass is 388 g/mol. The molecule has 0 aliphatic carbocycles. The van der Waals surface area contributed by atoms with Crippen LogP contribution in [-0.2, 0) is 14.8 Å². The molecular weight excluding hydrogens is 364 g/mol. The summed E-state index contributed by atoms with van der Waals surface area (Å²) in [6.07, 6.45) is 0. The third-order valence-corrected chi connectivity index (χ3v) is 6.49. The third-order valence-electron chi connectivity index (χ3n) is 4.60. The molecule has 0 atom stereocenters. The number of ether oxygens (including phenoxy) is 1. The topological polar surface area (TPSA) is 75.7 Å². The number of ketones is 1. The molecule has 6 nitrogen and oxygen atoms in total. The van der Waals surface area contributed by atoms with Gasteiger partial charge < -0.3 is 10.1 Å². The third kappa shape index (κ3) is 4.55. The molecule has 0 radical (unpaired) electrons. The number of sulfonamides is 1. The second-order valence-corrected chi connectivity index (χ2v) is 8.58. The van der Waals surface area contributed by atoms with E-state index in [1.807, 2.05) is 32.0 Å². The van der Waals surface area contributed by atoms with Gasteiger partial charge in [-0.15, -0.1) is 0 Å². The number of carbonyl (C=O) groups excluding carboxylic acids is 1. The fourth-order valence-electron chi connectivity index (χ4n) is 2.97. The van der Waals surface area contributed by atoms with Gasteiger partial charge in [0, 0.05) is 24.3 Å². The average molecular weight is 388 g/mol. The smallest absolute Gasteiger partial charge is 0.243 e. The molecule has 0 spiro atoms. The highest BCUT2D eigenvalue weighted by molar-refractivity contribution is 7.89. The number of hydrogen-bond donors (Lipinski definition) is 1. The lowest BCUT2D eigenvalue weighted by Crippen LogP contribution is -2.40. The van der Waals surface area contributed by atoms with E-state index in [2.05, 4.69) is 5.32 Å². The molecule has 1 fully saturated rings. The van der Waals surface area contributed by atoms with Crippen LogP contribution in [0.1, 0.15) is 21.5 Å². The fraction of sp³-hybridized carbons (Fsp3) is 0.350. The van der Waals surface area contributed by atoms with Gasteiger partial charge in [-0.2, -0.15) is 4.31 Å². The van der Waals surface area contributed by atoms with Gasteiger partial charge >= 0.3 is 0 Å². The Morgan fingerprint density at radius 1 is 1.11 bits per heavy atom. The van der Waals surface area contributed by atoms with E-state index in [1.54, 1.807) is 12.1 Å². The zero-order valence-electron chi connectivity index (χ0n) is 15.6. The standard InChI is InChI=1S/C20H24N2O4S/c1-15-6-7-16(2)19(12-15)21-14-20(23)17-4-3-5-18(13-17)27(24,25)22-8-10-26-11-9-22/h3-7,12-13,21H,8-11,14H2,1-2H3. The van der Waals surface area contributed by atoms with E-state index in [-0.39, 0.29) is 17.2 Å². The summed E-state index contributed by atoms with van der Waals surface area (Å²) < 4.78 is 32.1. The van der Waals surface area contributed by atoms with Gasteiger partial charge in [0.25, 0.3) is 0 Å². The van der Waals surface area contributed by atoms with E-state index in [0.29, 0.717) is 31.9 Å². The molecule has 27 heavy (non-hydrogen) atoms. The number of nitrogens with one attached hydrogen (secondary N) is 1. The van der Waals surface area contributed by atoms with Crippen LogP contribution in [0.25, 0.3) is 0 Å². The molecule has 1 aliphatic rings. The van der Waals surface area contributed by atoms with Crippen LogP contribution < -0.4 is 5.32 Å². The molecule has 1 saturated heterocycles. The molecule has 0 bridgehead atoms. The van der Waals surface area contributed by atoms with Crippen LogP contribution in [0.4, 0.5) is 5.69 Å². The van der Waals surface area contributed by atoms with Crippen LogP contribution in [0.2, 0.25) is 0 Å². The van der Waals surface area contributed by atoms with Crippen molar-refractivity contribution in [3.05, 3.63) is 59.2 Å². The molecule has 2 aromatic carbocycles. The Morgan fingerprint density at radius 3 is 2.59 bits per heavy atom. The minimum atomic E-state index is -3.62. The minimum Gasteiger partial charge on any atom is -0.379 e. The van der Waals surface area contributed by atoms with Crippen LogP contribution in [-0.4, -0.2) is 51.4 Å². The van der Waals surface area contributed by atoms with E-state index in [1.165, 1.54) is 16.4 Å². The second kappa shape index (κ2) is 8.21. The SMILES string of the molecule is Cc1ccc(C)c(NCC(=O)c2cccc(S(=O)(=O)N3CCOCC3)c2)c1. The maximum absolute atomic E-state index is 12.8. The Kier molecular flexibility index (Phi) is 5.94. The quantitative estimate of drug-likeness (QED) is 0.770. The van der Waals surface area contributed by atoms with Gasteiger partial charge in [-0.1, -0.05) is 24.3 Å². The molecular formula is C20H24N2O4S. The first kappa shape index (κ1) is 19.5. The molecule has 0 amide bonds. The van der Waals surface area contributed by atoms with Crippen molar-refractivity contribution in [2.45, 2.75) is 18.7 Å². The lowest BCUT2D eigenvalue weighted by molar-refractivity contribution is 0.0730. The zero-order valence-corrected chi connectivity index (χ0v) is 16.4. The van der Waals surface area contributed by atoms with Crippen molar-refractivity contribution in [1.29, 1.82) is 0 Å². The zero-order chi connectivity index (χ0) is 19.4. The maximum Gasteiger partial charge on any atom is 0.243 e. The average Bonchev–Trinajstić information content (AvgIpc) is 2.69. The molecule has 1 N–H and O–H groups in total. The number of rotatable bonds is 6. The highest BCUT2D eigenvalue weighted by atomic mass is 32.2. The van der Waals surface area contributed by atoms with Crippen molar-refractivity contribution < 1.29 is 17.9 Å². The molecule has 7 heteroatoms. The van der Waals surface area contributed by atoms with E-state index < -0.39 is 10.0 Å². The number of aryl methyl sites for hydroxylation is 2. The normalized spacial score (nSPS) is 15.5.